The fraction of sp³-hybridized carbons (Fsp3) is 0.269. The average Bonchev–Trinajstić information content (AvgIpc) is 2.73. The largest absolute Gasteiger partial charge is 0.481 e. The van der Waals surface area contributed by atoms with E-state index in [1.807, 2.05) is 42.5 Å². The summed E-state index contributed by atoms with van der Waals surface area (Å²) < 4.78 is 6.30. The van der Waals surface area contributed by atoms with Crippen molar-refractivity contribution in [3.05, 3.63) is 94.0 Å². The van der Waals surface area contributed by atoms with Gasteiger partial charge in [0.1, 0.15) is 0 Å². The maximum absolute atomic E-state index is 11.5. The molecule has 3 aromatic carbocycles. The van der Waals surface area contributed by atoms with Crippen LogP contribution in [-0.2, 0) is 22.6 Å². The van der Waals surface area contributed by atoms with Gasteiger partial charge < -0.3 is 9.84 Å². The molecule has 30 heavy (non-hydrogen) atoms. The number of hydrogen-bond donors (Lipinski definition) is 1. The predicted octanol–water partition coefficient (Wildman–Crippen LogP) is 6.41. The lowest BCUT2D eigenvalue weighted by atomic mass is 9.79. The van der Waals surface area contributed by atoms with Gasteiger partial charge in [0.15, 0.2) is 0 Å². The van der Waals surface area contributed by atoms with Gasteiger partial charge in [0.25, 0.3) is 0 Å². The van der Waals surface area contributed by atoms with Crippen molar-refractivity contribution in [2.75, 3.05) is 0 Å². The molecule has 4 heteroatoms. The van der Waals surface area contributed by atoms with Gasteiger partial charge in [-0.1, -0.05) is 60.1 Å². The van der Waals surface area contributed by atoms with Crippen LogP contribution in [0.4, 0.5) is 0 Å². The molecule has 0 aromatic heterocycles. The molecule has 0 aliphatic heterocycles. The van der Waals surface area contributed by atoms with E-state index in [1.54, 1.807) is 0 Å². The highest BCUT2D eigenvalue weighted by Gasteiger charge is 2.31. The Hall–Kier alpha value is -2.62. The number of fused-ring (bicyclic) bond motifs is 1. The van der Waals surface area contributed by atoms with Crippen molar-refractivity contribution >= 4 is 17.6 Å². The van der Waals surface area contributed by atoms with Gasteiger partial charge in [-0.25, -0.2) is 0 Å². The highest BCUT2D eigenvalue weighted by atomic mass is 35.5. The van der Waals surface area contributed by atoms with Crippen LogP contribution in [0.15, 0.2) is 66.7 Å². The quantitative estimate of drug-likeness (QED) is 0.501. The highest BCUT2D eigenvalue weighted by molar-refractivity contribution is 6.30. The van der Waals surface area contributed by atoms with Crippen LogP contribution in [0.25, 0.3) is 11.1 Å². The summed E-state index contributed by atoms with van der Waals surface area (Å²) >= 11 is 6.10. The van der Waals surface area contributed by atoms with Crippen LogP contribution < -0.4 is 0 Å². The van der Waals surface area contributed by atoms with E-state index >= 15 is 0 Å². The van der Waals surface area contributed by atoms with E-state index in [4.69, 9.17) is 16.3 Å². The number of ether oxygens (including phenoxy) is 1. The normalized spacial score (nSPS) is 18.1. The zero-order valence-electron chi connectivity index (χ0n) is 17.0. The number of carbonyl (C=O) groups is 1. The molecule has 0 saturated heterocycles. The molecule has 1 aliphatic rings. The Labute approximate surface area is 182 Å². The van der Waals surface area contributed by atoms with Gasteiger partial charge in [-0.2, -0.15) is 0 Å². The van der Waals surface area contributed by atoms with Crippen molar-refractivity contribution in [1.29, 1.82) is 0 Å². The van der Waals surface area contributed by atoms with Crippen molar-refractivity contribution in [1.82, 2.24) is 0 Å². The second kappa shape index (κ2) is 9.03. The lowest BCUT2D eigenvalue weighted by Crippen LogP contribution is -2.29. The number of carboxylic acids is 1. The first kappa shape index (κ1) is 20.6. The number of rotatable bonds is 6. The zero-order chi connectivity index (χ0) is 21.1. The van der Waals surface area contributed by atoms with Gasteiger partial charge in [0.05, 0.1) is 19.1 Å². The summed E-state index contributed by atoms with van der Waals surface area (Å²) in [7, 11) is 0. The summed E-state index contributed by atoms with van der Waals surface area (Å²) in [6.45, 7) is 2.52. The molecule has 154 valence electrons. The first-order chi connectivity index (χ1) is 14.5. The van der Waals surface area contributed by atoms with Crippen molar-refractivity contribution in [3.8, 4) is 11.1 Å². The molecule has 1 unspecified atom stereocenters. The molecule has 0 saturated carbocycles. The number of aliphatic carboxylic acids is 1. The maximum atomic E-state index is 11.5. The summed E-state index contributed by atoms with van der Waals surface area (Å²) in [5.41, 5.74) is 6.84. The van der Waals surface area contributed by atoms with E-state index in [0.717, 1.165) is 45.7 Å². The third-order valence-corrected chi connectivity index (χ3v) is 6.12. The highest BCUT2D eigenvalue weighted by Crippen LogP contribution is 2.36. The van der Waals surface area contributed by atoms with Gasteiger partial charge >= 0.3 is 5.97 Å². The number of carboxylic acid groups (broad SMARTS) is 1. The molecule has 1 N–H and O–H groups in total. The molecule has 3 nitrogen and oxygen atoms in total. The van der Waals surface area contributed by atoms with Crippen LogP contribution in [0.5, 0.6) is 0 Å². The first-order valence-corrected chi connectivity index (χ1v) is 10.7. The molecule has 3 aromatic rings. The summed E-state index contributed by atoms with van der Waals surface area (Å²) in [4.78, 5) is 11.5. The fourth-order valence-electron chi connectivity index (χ4n) is 4.43. The Balaban J connectivity index is 1.52. The number of hydrogen-bond acceptors (Lipinski definition) is 2. The molecule has 4 rings (SSSR count). The van der Waals surface area contributed by atoms with Gasteiger partial charge in [0, 0.05) is 10.9 Å². The molecule has 2 atom stereocenters. The fourth-order valence-corrected chi connectivity index (χ4v) is 4.66. The van der Waals surface area contributed by atoms with Crippen molar-refractivity contribution in [3.63, 3.8) is 0 Å². The Kier molecular flexibility index (Phi) is 6.21. The Morgan fingerprint density at radius 1 is 1.10 bits per heavy atom. The summed E-state index contributed by atoms with van der Waals surface area (Å²) in [5.74, 6) is -0.903. The molecule has 1 aliphatic carbocycles. The van der Waals surface area contributed by atoms with Gasteiger partial charge in [-0.05, 0) is 71.3 Å². The Bertz CT molecular complexity index is 1060. The van der Waals surface area contributed by atoms with Crippen molar-refractivity contribution in [2.45, 2.75) is 44.8 Å². The monoisotopic (exact) mass is 420 g/mol. The molecule has 0 heterocycles. The zero-order valence-corrected chi connectivity index (χ0v) is 17.7. The second-order valence-electron chi connectivity index (χ2n) is 7.95. The summed E-state index contributed by atoms with van der Waals surface area (Å²) in [5, 5.41) is 10.2. The molecule has 0 fully saturated rings. The molecule has 0 bridgehead atoms. The minimum atomic E-state index is -0.787. The Morgan fingerprint density at radius 3 is 2.73 bits per heavy atom. The lowest BCUT2D eigenvalue weighted by Gasteiger charge is -2.33. The molecular weight excluding hydrogens is 396 g/mol. The predicted molar refractivity (Wildman–Crippen MR) is 120 cm³/mol. The van der Waals surface area contributed by atoms with Crippen LogP contribution in [0.3, 0.4) is 0 Å². The van der Waals surface area contributed by atoms with Gasteiger partial charge in [-0.3, -0.25) is 4.79 Å². The SMILES string of the molecule is Cc1cc(Cl)ccc1-c1cccc(CO[C@@H]2CCc3ccccc3C2CC(=O)O)c1. The Morgan fingerprint density at radius 2 is 1.93 bits per heavy atom. The van der Waals surface area contributed by atoms with E-state index in [1.165, 1.54) is 5.56 Å². The van der Waals surface area contributed by atoms with E-state index in [9.17, 15) is 9.90 Å². The number of halogens is 1. The minimum absolute atomic E-state index is 0.0890. The standard InChI is InChI=1S/C26H25ClO3/c1-17-13-21(27)10-11-22(17)20-7-4-5-18(14-20)16-30-25-12-9-19-6-2-3-8-23(19)24(25)15-26(28)29/h2-8,10-11,13-14,24-25H,9,12,15-16H2,1H3,(H,28,29)/t24?,25-/m1/s1. The smallest absolute Gasteiger partial charge is 0.304 e. The van der Waals surface area contributed by atoms with Crippen LogP contribution in [0.1, 0.15) is 41.0 Å². The van der Waals surface area contributed by atoms with E-state index in [2.05, 4.69) is 31.2 Å². The summed E-state index contributed by atoms with van der Waals surface area (Å²) in [6.07, 6.45) is 1.74. The van der Waals surface area contributed by atoms with Crippen LogP contribution >= 0.6 is 11.6 Å². The topological polar surface area (TPSA) is 46.5 Å². The van der Waals surface area contributed by atoms with Crippen molar-refractivity contribution < 1.29 is 14.6 Å². The second-order valence-corrected chi connectivity index (χ2v) is 8.39. The minimum Gasteiger partial charge on any atom is -0.481 e. The van der Waals surface area contributed by atoms with E-state index < -0.39 is 5.97 Å². The lowest BCUT2D eigenvalue weighted by molar-refractivity contribution is -0.138. The third-order valence-electron chi connectivity index (χ3n) is 5.89. The maximum Gasteiger partial charge on any atom is 0.304 e. The number of aryl methyl sites for hydroxylation is 2. The summed E-state index contributed by atoms with van der Waals surface area (Å²) in [6, 6.07) is 22.4. The van der Waals surface area contributed by atoms with Gasteiger partial charge in [-0.15, -0.1) is 0 Å². The van der Waals surface area contributed by atoms with E-state index in [-0.39, 0.29) is 18.4 Å². The number of benzene rings is 3. The first-order valence-electron chi connectivity index (χ1n) is 10.3. The average molecular weight is 421 g/mol. The molecule has 0 amide bonds. The molecule has 0 spiro atoms. The van der Waals surface area contributed by atoms with Gasteiger partial charge in [0.2, 0.25) is 0 Å². The molecule has 0 radical (unpaired) electrons. The third kappa shape index (κ3) is 4.58. The molecular formula is C26H25ClO3. The van der Waals surface area contributed by atoms with Crippen LogP contribution in [-0.4, -0.2) is 17.2 Å². The van der Waals surface area contributed by atoms with E-state index in [0.29, 0.717) is 6.61 Å². The van der Waals surface area contributed by atoms with Crippen LogP contribution in [0, 0.1) is 6.92 Å². The van der Waals surface area contributed by atoms with Crippen molar-refractivity contribution in [2.24, 2.45) is 0 Å². The van der Waals surface area contributed by atoms with Crippen LogP contribution in [0.2, 0.25) is 5.02 Å².